The summed E-state index contributed by atoms with van der Waals surface area (Å²) >= 11 is 0. The van der Waals surface area contributed by atoms with E-state index in [1.54, 1.807) is 16.6 Å². The van der Waals surface area contributed by atoms with Crippen molar-refractivity contribution in [2.24, 2.45) is 0 Å². The molecule has 1 atom stereocenters. The van der Waals surface area contributed by atoms with Crippen LogP contribution in [0.25, 0.3) is 5.65 Å². The van der Waals surface area contributed by atoms with Crippen LogP contribution in [-0.2, 0) is 0 Å². The van der Waals surface area contributed by atoms with Crippen LogP contribution in [0.3, 0.4) is 0 Å². The number of likely N-dealkylation sites (tertiary alicyclic amines) is 1. The molecule has 0 spiro atoms. The summed E-state index contributed by atoms with van der Waals surface area (Å²) in [7, 11) is 2.08. The van der Waals surface area contributed by atoms with Crippen LogP contribution in [0, 0.1) is 0 Å². The largest absolute Gasteiger partial charge is 0.478 e. The van der Waals surface area contributed by atoms with Gasteiger partial charge in [-0.05, 0) is 32.1 Å². The van der Waals surface area contributed by atoms with Gasteiger partial charge in [0.2, 0.25) is 0 Å². The van der Waals surface area contributed by atoms with Gasteiger partial charge in [0.1, 0.15) is 0 Å². The molecule has 3 rings (SSSR count). The summed E-state index contributed by atoms with van der Waals surface area (Å²) in [4.78, 5) is 17.6. The third-order valence-corrected chi connectivity index (χ3v) is 3.35. The first kappa shape index (κ1) is 11.2. The van der Waals surface area contributed by atoms with E-state index in [4.69, 9.17) is 5.11 Å². The van der Waals surface area contributed by atoms with Crippen molar-refractivity contribution < 1.29 is 9.90 Å². The molecule has 0 saturated carbocycles. The van der Waals surface area contributed by atoms with E-state index < -0.39 is 5.97 Å². The first-order chi connectivity index (χ1) is 8.63. The van der Waals surface area contributed by atoms with Gasteiger partial charge >= 0.3 is 5.97 Å². The topological polar surface area (TPSA) is 70.7 Å². The molecular weight excluding hydrogens is 232 g/mol. The minimum Gasteiger partial charge on any atom is -0.478 e. The number of aromatic carboxylic acids is 1. The molecule has 0 aliphatic carbocycles. The lowest BCUT2D eigenvalue weighted by atomic mass is 10.1. The fourth-order valence-electron chi connectivity index (χ4n) is 2.35. The van der Waals surface area contributed by atoms with Gasteiger partial charge in [0.05, 0.1) is 5.56 Å². The Hall–Kier alpha value is -1.95. The summed E-state index contributed by atoms with van der Waals surface area (Å²) < 4.78 is 1.55. The Labute approximate surface area is 104 Å². The predicted octanol–water partition coefficient (Wildman–Crippen LogP) is 0.847. The van der Waals surface area contributed by atoms with Crippen molar-refractivity contribution >= 4 is 11.6 Å². The molecule has 2 aromatic rings. The van der Waals surface area contributed by atoms with Gasteiger partial charge in [-0.2, -0.15) is 5.10 Å². The highest BCUT2D eigenvalue weighted by Crippen LogP contribution is 2.23. The van der Waals surface area contributed by atoms with Gasteiger partial charge in [-0.3, -0.25) is 0 Å². The van der Waals surface area contributed by atoms with Crippen LogP contribution in [0.1, 0.15) is 28.5 Å². The van der Waals surface area contributed by atoms with Crippen molar-refractivity contribution in [3.63, 3.8) is 0 Å². The molecule has 6 nitrogen and oxygen atoms in total. The number of nitrogens with zero attached hydrogens (tertiary/aromatic N) is 4. The lowest BCUT2D eigenvalue weighted by molar-refractivity contribution is 0.0696. The lowest BCUT2D eigenvalue weighted by Crippen LogP contribution is -2.13. The zero-order valence-corrected chi connectivity index (χ0v) is 10.1. The van der Waals surface area contributed by atoms with Gasteiger partial charge in [0.15, 0.2) is 11.5 Å². The van der Waals surface area contributed by atoms with E-state index in [-0.39, 0.29) is 5.56 Å². The Morgan fingerprint density at radius 3 is 3.00 bits per heavy atom. The van der Waals surface area contributed by atoms with E-state index in [0.29, 0.717) is 11.6 Å². The number of hydrogen-bond acceptors (Lipinski definition) is 4. The molecule has 1 fully saturated rings. The van der Waals surface area contributed by atoms with Gasteiger partial charge in [-0.25, -0.2) is 14.3 Å². The summed E-state index contributed by atoms with van der Waals surface area (Å²) in [6, 6.07) is 3.25. The summed E-state index contributed by atoms with van der Waals surface area (Å²) in [5.41, 5.74) is 0.923. The number of fused-ring (bicyclic) bond motifs is 1. The molecule has 1 unspecified atom stereocenters. The molecule has 2 aromatic heterocycles. The van der Waals surface area contributed by atoms with Crippen molar-refractivity contribution in [3.05, 3.63) is 29.7 Å². The Morgan fingerprint density at radius 2 is 2.33 bits per heavy atom. The fraction of sp³-hybridized carbons (Fsp3) is 0.417. The van der Waals surface area contributed by atoms with Gasteiger partial charge < -0.3 is 10.0 Å². The van der Waals surface area contributed by atoms with Gasteiger partial charge in [0.25, 0.3) is 0 Å². The molecule has 1 aliphatic heterocycles. The van der Waals surface area contributed by atoms with Crippen LogP contribution in [-0.4, -0.2) is 50.7 Å². The van der Waals surface area contributed by atoms with Crippen LogP contribution in [0.15, 0.2) is 18.3 Å². The fourth-order valence-corrected chi connectivity index (χ4v) is 2.35. The smallest absolute Gasteiger partial charge is 0.337 e. The van der Waals surface area contributed by atoms with E-state index in [1.807, 2.05) is 0 Å². The zero-order valence-electron chi connectivity index (χ0n) is 10.1. The summed E-state index contributed by atoms with van der Waals surface area (Å²) in [6.45, 7) is 2.02. The second-order valence-electron chi connectivity index (χ2n) is 4.74. The Kier molecular flexibility index (Phi) is 2.52. The highest BCUT2D eigenvalue weighted by atomic mass is 16.4. The third kappa shape index (κ3) is 1.84. The number of hydrogen-bond donors (Lipinski definition) is 1. The number of likely N-dealkylation sites (N-methyl/N-ethyl adjacent to an activating group) is 1. The molecule has 1 aliphatic rings. The molecule has 18 heavy (non-hydrogen) atoms. The average Bonchev–Trinajstić information content (AvgIpc) is 2.93. The maximum absolute atomic E-state index is 10.9. The van der Waals surface area contributed by atoms with E-state index in [9.17, 15) is 4.79 Å². The maximum atomic E-state index is 10.9. The Bertz CT molecular complexity index is 607. The van der Waals surface area contributed by atoms with Crippen molar-refractivity contribution in [2.45, 2.75) is 12.3 Å². The number of carbonyl (C=O) groups is 1. The van der Waals surface area contributed by atoms with Crippen molar-refractivity contribution in [1.29, 1.82) is 0 Å². The highest BCUT2D eigenvalue weighted by Gasteiger charge is 2.24. The summed E-state index contributed by atoms with van der Waals surface area (Å²) in [5, 5.41) is 13.3. The minimum atomic E-state index is -0.949. The third-order valence-electron chi connectivity index (χ3n) is 3.35. The first-order valence-corrected chi connectivity index (χ1v) is 5.91. The van der Waals surface area contributed by atoms with Gasteiger partial charge in [-0.1, -0.05) is 0 Å². The molecule has 1 saturated heterocycles. The van der Waals surface area contributed by atoms with Crippen LogP contribution < -0.4 is 0 Å². The Balaban J connectivity index is 1.98. The predicted molar refractivity (Wildman–Crippen MR) is 64.8 cm³/mol. The molecule has 0 amide bonds. The van der Waals surface area contributed by atoms with E-state index in [1.165, 1.54) is 6.20 Å². The minimum absolute atomic E-state index is 0.225. The number of rotatable bonds is 2. The number of carboxylic acid groups (broad SMARTS) is 1. The second kappa shape index (κ2) is 4.06. The van der Waals surface area contributed by atoms with Crippen molar-refractivity contribution in [1.82, 2.24) is 19.5 Å². The second-order valence-corrected chi connectivity index (χ2v) is 4.74. The number of aromatic nitrogens is 3. The summed E-state index contributed by atoms with van der Waals surface area (Å²) in [6.07, 6.45) is 2.56. The van der Waals surface area contributed by atoms with Gasteiger partial charge in [0, 0.05) is 18.7 Å². The normalized spacial score (nSPS) is 20.6. The number of pyridine rings is 1. The molecule has 6 heteroatoms. The van der Waals surface area contributed by atoms with Crippen molar-refractivity contribution in [2.75, 3.05) is 20.1 Å². The van der Waals surface area contributed by atoms with Crippen LogP contribution >= 0.6 is 0 Å². The molecular formula is C12H14N4O2. The van der Waals surface area contributed by atoms with E-state index in [0.717, 1.165) is 25.3 Å². The van der Waals surface area contributed by atoms with Crippen LogP contribution in [0.4, 0.5) is 0 Å². The van der Waals surface area contributed by atoms with E-state index in [2.05, 4.69) is 22.0 Å². The monoisotopic (exact) mass is 246 g/mol. The van der Waals surface area contributed by atoms with Gasteiger partial charge in [-0.15, -0.1) is 0 Å². The quantitative estimate of drug-likeness (QED) is 0.850. The van der Waals surface area contributed by atoms with Crippen LogP contribution in [0.2, 0.25) is 0 Å². The number of carboxylic acids is 1. The highest BCUT2D eigenvalue weighted by molar-refractivity contribution is 5.87. The molecule has 0 aromatic carbocycles. The molecule has 3 heterocycles. The average molecular weight is 246 g/mol. The van der Waals surface area contributed by atoms with Crippen molar-refractivity contribution in [3.8, 4) is 0 Å². The zero-order chi connectivity index (χ0) is 12.7. The first-order valence-electron chi connectivity index (χ1n) is 5.91. The molecule has 0 radical (unpaired) electrons. The lowest BCUT2D eigenvalue weighted by Gasteiger charge is -2.05. The summed E-state index contributed by atoms with van der Waals surface area (Å²) in [5.74, 6) is 0.208. The maximum Gasteiger partial charge on any atom is 0.337 e. The van der Waals surface area contributed by atoms with E-state index >= 15 is 0 Å². The molecule has 0 bridgehead atoms. The Morgan fingerprint density at radius 1 is 1.50 bits per heavy atom. The molecule has 1 N–H and O–H groups in total. The SMILES string of the molecule is CN1CCC(c2nc3ccc(C(=O)O)cn3n2)C1. The standard InChI is InChI=1S/C12H14N4O2/c1-15-5-4-8(6-15)11-13-10-3-2-9(12(17)18)7-16(10)14-11/h2-3,7-8H,4-6H2,1H3,(H,17,18). The molecule has 94 valence electrons. The van der Waals surface area contributed by atoms with Crippen LogP contribution in [0.5, 0.6) is 0 Å².